The first-order valence-corrected chi connectivity index (χ1v) is 11.9. The summed E-state index contributed by atoms with van der Waals surface area (Å²) in [6, 6.07) is 22.8. The number of methoxy groups -OCH3 is 1. The van der Waals surface area contributed by atoms with E-state index in [1.165, 1.54) is 0 Å². The molecule has 35 heavy (non-hydrogen) atoms. The number of rotatable bonds is 8. The summed E-state index contributed by atoms with van der Waals surface area (Å²) >= 11 is 0. The molecule has 1 atom stereocenters. The highest BCUT2D eigenvalue weighted by molar-refractivity contribution is 5.95. The van der Waals surface area contributed by atoms with E-state index in [1.54, 1.807) is 7.11 Å². The summed E-state index contributed by atoms with van der Waals surface area (Å²) in [6.45, 7) is 2.19. The maximum atomic E-state index is 13.5. The van der Waals surface area contributed by atoms with Gasteiger partial charge in [0.05, 0.1) is 7.11 Å². The van der Waals surface area contributed by atoms with Gasteiger partial charge in [-0.3, -0.25) is 4.79 Å². The molecule has 5 rings (SSSR count). The zero-order valence-electron chi connectivity index (χ0n) is 19.8. The van der Waals surface area contributed by atoms with Crippen LogP contribution in [-0.4, -0.2) is 39.6 Å². The molecule has 0 spiro atoms. The van der Waals surface area contributed by atoms with Gasteiger partial charge in [-0.2, -0.15) is 0 Å². The predicted molar refractivity (Wildman–Crippen MR) is 133 cm³/mol. The molecule has 1 amide bonds. The van der Waals surface area contributed by atoms with Gasteiger partial charge < -0.3 is 29.6 Å². The van der Waals surface area contributed by atoms with Crippen molar-refractivity contribution in [3.8, 4) is 17.2 Å². The minimum atomic E-state index is -0.531. The monoisotopic (exact) mass is 474 g/mol. The number of amides is 1. The van der Waals surface area contributed by atoms with E-state index in [0.29, 0.717) is 31.2 Å². The second-order valence-electron chi connectivity index (χ2n) is 8.91. The second-order valence-corrected chi connectivity index (χ2v) is 8.91. The van der Waals surface area contributed by atoms with E-state index >= 15 is 0 Å². The molecule has 1 unspecified atom stereocenters. The normalized spacial score (nSPS) is 16.9. The molecule has 1 fully saturated rings. The van der Waals surface area contributed by atoms with Gasteiger partial charge in [0.2, 0.25) is 12.7 Å². The molecule has 3 aromatic carbocycles. The molecule has 2 aliphatic heterocycles. The largest absolute Gasteiger partial charge is 0.497 e. The summed E-state index contributed by atoms with van der Waals surface area (Å²) in [7, 11) is 1.61. The van der Waals surface area contributed by atoms with Crippen molar-refractivity contribution in [2.75, 3.05) is 39.0 Å². The molecule has 7 heteroatoms. The standard InChI is InChI=1S/C28H30N2O5/c1-32-23-9-5-8-22(17-23)30-27(31)26(20-6-3-2-4-7-20)29-18-28(12-14-33-15-13-28)21-10-11-24-25(16-21)35-19-34-24/h2-11,16-17,26,29H,12-15,18-19H2,1H3,(H,30,31). The topological polar surface area (TPSA) is 78.1 Å². The van der Waals surface area contributed by atoms with Crippen molar-refractivity contribution in [1.82, 2.24) is 5.32 Å². The van der Waals surface area contributed by atoms with Crippen molar-refractivity contribution < 1.29 is 23.7 Å². The third-order valence-corrected chi connectivity index (χ3v) is 6.81. The molecule has 0 radical (unpaired) electrons. The summed E-state index contributed by atoms with van der Waals surface area (Å²) in [4.78, 5) is 13.5. The summed E-state index contributed by atoms with van der Waals surface area (Å²) < 4.78 is 22.2. The van der Waals surface area contributed by atoms with Gasteiger partial charge in [-0.1, -0.05) is 42.5 Å². The average Bonchev–Trinajstić information content (AvgIpc) is 3.38. The fraction of sp³-hybridized carbons (Fsp3) is 0.321. The van der Waals surface area contributed by atoms with Crippen LogP contribution in [0.1, 0.15) is 30.0 Å². The number of carbonyl (C=O) groups is 1. The van der Waals surface area contributed by atoms with Crippen LogP contribution in [0.3, 0.4) is 0 Å². The molecule has 3 aromatic rings. The van der Waals surface area contributed by atoms with Gasteiger partial charge in [0.15, 0.2) is 11.5 Å². The zero-order chi connectivity index (χ0) is 24.1. The lowest BCUT2D eigenvalue weighted by molar-refractivity contribution is -0.118. The minimum absolute atomic E-state index is 0.127. The Morgan fingerprint density at radius 3 is 2.57 bits per heavy atom. The third kappa shape index (κ3) is 5.11. The van der Waals surface area contributed by atoms with Crippen LogP contribution in [0.15, 0.2) is 72.8 Å². The molecule has 1 saturated heterocycles. The van der Waals surface area contributed by atoms with Gasteiger partial charge in [-0.25, -0.2) is 0 Å². The highest BCUT2D eigenvalue weighted by atomic mass is 16.7. The van der Waals surface area contributed by atoms with Crippen molar-refractivity contribution in [2.24, 2.45) is 0 Å². The molecule has 0 saturated carbocycles. The maximum Gasteiger partial charge on any atom is 0.246 e. The lowest BCUT2D eigenvalue weighted by Crippen LogP contribution is -2.46. The van der Waals surface area contributed by atoms with E-state index in [0.717, 1.165) is 35.5 Å². The number of hydrogen-bond acceptors (Lipinski definition) is 6. The lowest BCUT2D eigenvalue weighted by Gasteiger charge is -2.39. The van der Waals surface area contributed by atoms with E-state index in [1.807, 2.05) is 60.7 Å². The first-order chi connectivity index (χ1) is 17.2. The van der Waals surface area contributed by atoms with Crippen LogP contribution in [-0.2, 0) is 14.9 Å². The van der Waals surface area contributed by atoms with Crippen LogP contribution < -0.4 is 24.8 Å². The van der Waals surface area contributed by atoms with Crippen molar-refractivity contribution in [1.29, 1.82) is 0 Å². The number of anilines is 1. The maximum absolute atomic E-state index is 13.5. The number of fused-ring (bicyclic) bond motifs is 1. The minimum Gasteiger partial charge on any atom is -0.497 e. The van der Waals surface area contributed by atoms with Crippen LogP contribution in [0, 0.1) is 0 Å². The van der Waals surface area contributed by atoms with Crippen LogP contribution in [0.4, 0.5) is 5.69 Å². The van der Waals surface area contributed by atoms with Crippen molar-refractivity contribution in [3.63, 3.8) is 0 Å². The molecular weight excluding hydrogens is 444 g/mol. The fourth-order valence-electron chi connectivity index (χ4n) is 4.78. The van der Waals surface area contributed by atoms with Gasteiger partial charge in [0.1, 0.15) is 11.8 Å². The number of benzene rings is 3. The molecular formula is C28H30N2O5. The Bertz CT molecular complexity index is 1160. The number of ether oxygens (including phenoxy) is 4. The number of carbonyl (C=O) groups excluding carboxylic acids is 1. The Morgan fingerprint density at radius 1 is 0.971 bits per heavy atom. The summed E-state index contributed by atoms with van der Waals surface area (Å²) in [6.07, 6.45) is 1.69. The van der Waals surface area contributed by atoms with Crippen LogP contribution in [0.5, 0.6) is 17.2 Å². The highest BCUT2D eigenvalue weighted by Crippen LogP contribution is 2.41. The number of hydrogen-bond donors (Lipinski definition) is 2. The van der Waals surface area contributed by atoms with E-state index in [-0.39, 0.29) is 18.1 Å². The lowest BCUT2D eigenvalue weighted by atomic mass is 9.73. The molecule has 0 bridgehead atoms. The van der Waals surface area contributed by atoms with Gasteiger partial charge in [0.25, 0.3) is 0 Å². The molecule has 182 valence electrons. The van der Waals surface area contributed by atoms with E-state index < -0.39 is 6.04 Å². The van der Waals surface area contributed by atoms with E-state index in [2.05, 4.69) is 22.8 Å². The third-order valence-electron chi connectivity index (χ3n) is 6.81. The molecule has 7 nitrogen and oxygen atoms in total. The van der Waals surface area contributed by atoms with Gasteiger partial charge in [-0.15, -0.1) is 0 Å². The summed E-state index contributed by atoms with van der Waals surface area (Å²) in [5.74, 6) is 2.10. The van der Waals surface area contributed by atoms with Gasteiger partial charge in [-0.05, 0) is 48.2 Å². The Hall–Kier alpha value is -3.55. The summed E-state index contributed by atoms with van der Waals surface area (Å²) in [5.41, 5.74) is 2.56. The highest BCUT2D eigenvalue weighted by Gasteiger charge is 2.37. The van der Waals surface area contributed by atoms with Crippen molar-refractivity contribution >= 4 is 11.6 Å². The van der Waals surface area contributed by atoms with Crippen LogP contribution in [0.25, 0.3) is 0 Å². The van der Waals surface area contributed by atoms with Crippen molar-refractivity contribution in [3.05, 3.63) is 83.9 Å². The quantitative estimate of drug-likeness (QED) is 0.503. The SMILES string of the molecule is COc1cccc(NC(=O)C(NCC2(c3ccc4c(c3)OCO4)CCOCC2)c2ccccc2)c1. The van der Waals surface area contributed by atoms with Crippen LogP contribution >= 0.6 is 0 Å². The molecule has 2 aliphatic rings. The Balaban J connectivity index is 1.40. The first kappa shape index (κ1) is 23.2. The fourth-order valence-corrected chi connectivity index (χ4v) is 4.78. The van der Waals surface area contributed by atoms with Gasteiger partial charge in [0, 0.05) is 36.9 Å². The predicted octanol–water partition coefficient (Wildman–Crippen LogP) is 4.44. The second kappa shape index (κ2) is 10.4. The Labute approximate surface area is 205 Å². The number of nitrogens with one attached hydrogen (secondary N) is 2. The molecule has 2 N–H and O–H groups in total. The average molecular weight is 475 g/mol. The molecule has 0 aliphatic carbocycles. The Kier molecular flexibility index (Phi) is 6.88. The van der Waals surface area contributed by atoms with Crippen molar-refractivity contribution in [2.45, 2.75) is 24.3 Å². The van der Waals surface area contributed by atoms with Crippen LogP contribution in [0.2, 0.25) is 0 Å². The molecule has 2 heterocycles. The van der Waals surface area contributed by atoms with Gasteiger partial charge >= 0.3 is 0 Å². The van der Waals surface area contributed by atoms with E-state index in [4.69, 9.17) is 18.9 Å². The first-order valence-electron chi connectivity index (χ1n) is 11.9. The van der Waals surface area contributed by atoms with E-state index in [9.17, 15) is 4.79 Å². The Morgan fingerprint density at radius 2 is 1.77 bits per heavy atom. The summed E-state index contributed by atoms with van der Waals surface area (Å²) in [5, 5.41) is 6.64. The smallest absolute Gasteiger partial charge is 0.246 e. The molecule has 0 aromatic heterocycles. The zero-order valence-corrected chi connectivity index (χ0v) is 19.8.